The summed E-state index contributed by atoms with van der Waals surface area (Å²) in [5.41, 5.74) is 0.540. The molecule has 1 saturated carbocycles. The number of carbonyl (C=O) groups excluding carboxylic acids is 1. The minimum absolute atomic E-state index is 0.323. The third-order valence-electron chi connectivity index (χ3n) is 3.35. The first-order chi connectivity index (χ1) is 9.24. The van der Waals surface area contributed by atoms with Crippen LogP contribution in [0, 0.1) is 0 Å². The van der Waals surface area contributed by atoms with E-state index in [1.165, 1.54) is 26.4 Å². The van der Waals surface area contributed by atoms with Crippen LogP contribution in [0.25, 0.3) is 0 Å². The van der Waals surface area contributed by atoms with E-state index in [1.54, 1.807) is 18.3 Å². The van der Waals surface area contributed by atoms with Crippen LogP contribution in [0.3, 0.4) is 0 Å². The molecule has 1 heterocycles. The Kier molecular flexibility index (Phi) is 5.07. The molecular formula is C14H20N2O2S. The molecule has 1 aliphatic rings. The fraction of sp³-hybridized carbons (Fsp3) is 0.571. The zero-order valence-corrected chi connectivity index (χ0v) is 12.2. The molecule has 1 aromatic heterocycles. The van der Waals surface area contributed by atoms with Gasteiger partial charge in [-0.3, -0.25) is 0 Å². The minimum atomic E-state index is -0.323. The summed E-state index contributed by atoms with van der Waals surface area (Å²) in [6.45, 7) is 2.19. The third kappa shape index (κ3) is 3.62. The monoisotopic (exact) mass is 280 g/mol. The number of nitrogens with zero attached hydrogens (tertiary/aromatic N) is 1. The summed E-state index contributed by atoms with van der Waals surface area (Å²) in [5.74, 6) is 1.58. The first-order valence-corrected chi connectivity index (χ1v) is 7.72. The Hall–Kier alpha value is -1.23. The van der Waals surface area contributed by atoms with Crippen LogP contribution in [0.4, 0.5) is 5.82 Å². The number of esters is 1. The van der Waals surface area contributed by atoms with E-state index in [0.29, 0.717) is 16.9 Å². The van der Waals surface area contributed by atoms with Crippen molar-refractivity contribution in [3.05, 3.63) is 23.9 Å². The van der Waals surface area contributed by atoms with Gasteiger partial charge in [0.1, 0.15) is 5.82 Å². The summed E-state index contributed by atoms with van der Waals surface area (Å²) < 4.78 is 4.72. The van der Waals surface area contributed by atoms with Crippen molar-refractivity contribution in [3.63, 3.8) is 0 Å². The molecular weight excluding hydrogens is 260 g/mol. The number of rotatable bonds is 5. The van der Waals surface area contributed by atoms with Gasteiger partial charge in [-0.2, -0.15) is 11.8 Å². The van der Waals surface area contributed by atoms with Gasteiger partial charge in [0.25, 0.3) is 0 Å². The van der Waals surface area contributed by atoms with Gasteiger partial charge in [-0.05, 0) is 30.7 Å². The quantitative estimate of drug-likeness (QED) is 0.840. The van der Waals surface area contributed by atoms with Crippen molar-refractivity contribution in [1.29, 1.82) is 0 Å². The molecule has 0 radical (unpaired) electrons. The standard InChI is InChI=1S/C14H20N2O2S/c1-3-19-12-6-4-5-11(12)16-13-9-10(7-8-15-13)14(17)18-2/h7-9,11-12H,3-6H2,1-2H3,(H,15,16). The Morgan fingerprint density at radius 1 is 1.58 bits per heavy atom. The molecule has 2 unspecified atom stereocenters. The average molecular weight is 280 g/mol. The van der Waals surface area contributed by atoms with Gasteiger partial charge in [0.15, 0.2) is 0 Å². The SMILES string of the molecule is CCSC1CCCC1Nc1cc(C(=O)OC)ccn1. The molecule has 19 heavy (non-hydrogen) atoms. The Bertz CT molecular complexity index is 439. The zero-order valence-electron chi connectivity index (χ0n) is 11.4. The fourth-order valence-electron chi connectivity index (χ4n) is 2.45. The molecule has 104 valence electrons. The van der Waals surface area contributed by atoms with Crippen LogP contribution >= 0.6 is 11.8 Å². The van der Waals surface area contributed by atoms with Crippen molar-refractivity contribution in [2.75, 3.05) is 18.2 Å². The lowest BCUT2D eigenvalue weighted by Crippen LogP contribution is -2.26. The van der Waals surface area contributed by atoms with E-state index < -0.39 is 0 Å². The maximum Gasteiger partial charge on any atom is 0.338 e. The Morgan fingerprint density at radius 2 is 2.42 bits per heavy atom. The van der Waals surface area contributed by atoms with E-state index >= 15 is 0 Å². The number of pyridine rings is 1. The van der Waals surface area contributed by atoms with E-state index in [0.717, 1.165) is 11.6 Å². The third-order valence-corrected chi connectivity index (χ3v) is 4.67. The van der Waals surface area contributed by atoms with Gasteiger partial charge in [-0.25, -0.2) is 9.78 Å². The molecule has 1 aromatic rings. The molecule has 2 rings (SSSR count). The number of nitrogens with one attached hydrogen (secondary N) is 1. The summed E-state index contributed by atoms with van der Waals surface area (Å²) in [4.78, 5) is 15.8. The summed E-state index contributed by atoms with van der Waals surface area (Å²) in [7, 11) is 1.39. The molecule has 0 spiro atoms. The van der Waals surface area contributed by atoms with Crippen molar-refractivity contribution in [2.24, 2.45) is 0 Å². The predicted octanol–water partition coefficient (Wildman–Crippen LogP) is 2.95. The summed E-state index contributed by atoms with van der Waals surface area (Å²) in [5, 5.41) is 4.10. The van der Waals surface area contributed by atoms with E-state index in [-0.39, 0.29) is 5.97 Å². The highest BCUT2D eigenvalue weighted by Gasteiger charge is 2.27. The first kappa shape index (κ1) is 14.2. The summed E-state index contributed by atoms with van der Waals surface area (Å²) in [6, 6.07) is 3.88. The van der Waals surface area contributed by atoms with Gasteiger partial charge in [-0.1, -0.05) is 13.3 Å². The molecule has 1 aliphatic carbocycles. The lowest BCUT2D eigenvalue weighted by molar-refractivity contribution is 0.0600. The molecule has 5 heteroatoms. The second kappa shape index (κ2) is 6.80. The molecule has 0 saturated heterocycles. The van der Waals surface area contributed by atoms with E-state index in [9.17, 15) is 4.79 Å². The molecule has 0 aliphatic heterocycles. The van der Waals surface area contributed by atoms with Crippen LogP contribution in [-0.2, 0) is 4.74 Å². The van der Waals surface area contributed by atoms with E-state index in [2.05, 4.69) is 17.2 Å². The highest BCUT2D eigenvalue weighted by atomic mass is 32.2. The second-order valence-electron chi connectivity index (χ2n) is 4.60. The highest BCUT2D eigenvalue weighted by Crippen LogP contribution is 2.31. The second-order valence-corrected chi connectivity index (χ2v) is 6.11. The molecule has 2 atom stereocenters. The van der Waals surface area contributed by atoms with Crippen LogP contribution in [0.1, 0.15) is 36.5 Å². The molecule has 0 aromatic carbocycles. The molecule has 0 amide bonds. The van der Waals surface area contributed by atoms with Gasteiger partial charge in [0.05, 0.1) is 12.7 Å². The Labute approximate surface area is 118 Å². The van der Waals surface area contributed by atoms with Crippen LogP contribution in [0.5, 0.6) is 0 Å². The largest absolute Gasteiger partial charge is 0.465 e. The molecule has 0 bridgehead atoms. The maximum absolute atomic E-state index is 11.5. The van der Waals surface area contributed by atoms with Crippen LogP contribution in [0.2, 0.25) is 0 Å². The summed E-state index contributed by atoms with van der Waals surface area (Å²) in [6.07, 6.45) is 5.33. The van der Waals surface area contributed by atoms with Crippen molar-refractivity contribution in [1.82, 2.24) is 4.98 Å². The number of ether oxygens (including phenoxy) is 1. The molecule has 1 N–H and O–H groups in total. The predicted molar refractivity (Wildman–Crippen MR) is 78.8 cm³/mol. The molecule has 1 fully saturated rings. The first-order valence-electron chi connectivity index (χ1n) is 6.67. The highest BCUT2D eigenvalue weighted by molar-refractivity contribution is 7.99. The molecule has 4 nitrogen and oxygen atoms in total. The van der Waals surface area contributed by atoms with Crippen LogP contribution in [-0.4, -0.2) is 35.1 Å². The van der Waals surface area contributed by atoms with E-state index in [4.69, 9.17) is 4.74 Å². The Balaban J connectivity index is 2.04. The van der Waals surface area contributed by atoms with Crippen molar-refractivity contribution >= 4 is 23.5 Å². The smallest absolute Gasteiger partial charge is 0.338 e. The van der Waals surface area contributed by atoms with Gasteiger partial charge in [0.2, 0.25) is 0 Å². The van der Waals surface area contributed by atoms with Crippen molar-refractivity contribution in [3.8, 4) is 0 Å². The van der Waals surface area contributed by atoms with Gasteiger partial charge in [0, 0.05) is 17.5 Å². The number of carbonyl (C=O) groups is 1. The summed E-state index contributed by atoms with van der Waals surface area (Å²) >= 11 is 2.00. The zero-order chi connectivity index (χ0) is 13.7. The number of hydrogen-bond acceptors (Lipinski definition) is 5. The average Bonchev–Trinajstić information content (AvgIpc) is 2.86. The van der Waals surface area contributed by atoms with Crippen molar-refractivity contribution < 1.29 is 9.53 Å². The van der Waals surface area contributed by atoms with Gasteiger partial charge >= 0.3 is 5.97 Å². The number of hydrogen-bond donors (Lipinski definition) is 1. The maximum atomic E-state index is 11.5. The van der Waals surface area contributed by atoms with Gasteiger partial charge in [-0.15, -0.1) is 0 Å². The van der Waals surface area contributed by atoms with Crippen molar-refractivity contribution in [2.45, 2.75) is 37.5 Å². The lowest BCUT2D eigenvalue weighted by atomic mass is 10.2. The minimum Gasteiger partial charge on any atom is -0.465 e. The topological polar surface area (TPSA) is 51.2 Å². The van der Waals surface area contributed by atoms with Gasteiger partial charge < -0.3 is 10.1 Å². The normalized spacial score (nSPS) is 22.2. The fourth-order valence-corrected chi connectivity index (χ4v) is 3.65. The lowest BCUT2D eigenvalue weighted by Gasteiger charge is -2.20. The number of methoxy groups -OCH3 is 1. The van der Waals surface area contributed by atoms with Crippen LogP contribution < -0.4 is 5.32 Å². The number of anilines is 1. The van der Waals surface area contributed by atoms with Crippen LogP contribution in [0.15, 0.2) is 18.3 Å². The Morgan fingerprint density at radius 3 is 3.16 bits per heavy atom. The number of thioether (sulfide) groups is 1. The van der Waals surface area contributed by atoms with E-state index in [1.807, 2.05) is 11.8 Å². The number of aromatic nitrogens is 1.